The molecule has 140 valence electrons. The second-order valence-corrected chi connectivity index (χ2v) is 7.85. The molecule has 1 aliphatic rings. The van der Waals surface area contributed by atoms with Gasteiger partial charge >= 0.3 is 0 Å². The third-order valence-corrected chi connectivity index (χ3v) is 6.03. The topological polar surface area (TPSA) is 41.1 Å². The van der Waals surface area contributed by atoms with Crippen LogP contribution in [0, 0.1) is 5.41 Å². The summed E-state index contributed by atoms with van der Waals surface area (Å²) < 4.78 is 0. The Bertz CT molecular complexity index is 696. The van der Waals surface area contributed by atoms with Crippen LogP contribution in [0.2, 0.25) is 5.02 Å². The first-order valence-electron chi connectivity index (χ1n) is 9.62. The van der Waals surface area contributed by atoms with Crippen molar-refractivity contribution in [1.82, 2.24) is 14.9 Å². The van der Waals surface area contributed by atoms with Crippen LogP contribution in [0.5, 0.6) is 0 Å². The van der Waals surface area contributed by atoms with E-state index < -0.39 is 0 Å². The quantitative estimate of drug-likeness (QED) is 0.685. The molecule has 0 radical (unpaired) electrons. The third-order valence-electron chi connectivity index (χ3n) is 5.76. The molecule has 1 N–H and O–H groups in total. The van der Waals surface area contributed by atoms with Gasteiger partial charge < -0.3 is 10.2 Å². The van der Waals surface area contributed by atoms with Gasteiger partial charge in [-0.3, -0.25) is 0 Å². The van der Waals surface area contributed by atoms with Crippen molar-refractivity contribution in [1.29, 1.82) is 0 Å². The summed E-state index contributed by atoms with van der Waals surface area (Å²) in [5.41, 5.74) is 2.31. The van der Waals surface area contributed by atoms with E-state index in [9.17, 15) is 0 Å². The minimum Gasteiger partial charge on any atom is -0.354 e. The van der Waals surface area contributed by atoms with E-state index in [0.717, 1.165) is 24.2 Å². The molecule has 2 aromatic rings. The Kier molecular flexibility index (Phi) is 6.49. The lowest BCUT2D eigenvalue weighted by atomic mass is 9.73. The van der Waals surface area contributed by atoms with Crippen molar-refractivity contribution in [2.45, 2.75) is 39.0 Å². The molecule has 2 heterocycles. The predicted octanol–water partition coefficient (Wildman–Crippen LogP) is 5.11. The second kappa shape index (κ2) is 8.83. The van der Waals surface area contributed by atoms with Crippen LogP contribution in [0.3, 0.4) is 0 Å². The molecule has 1 aromatic carbocycles. The van der Waals surface area contributed by atoms with E-state index >= 15 is 0 Å². The number of aromatic nitrogens is 2. The number of rotatable bonds is 7. The van der Waals surface area contributed by atoms with Gasteiger partial charge in [-0.05, 0) is 51.2 Å². The van der Waals surface area contributed by atoms with Crippen LogP contribution in [-0.2, 0) is 0 Å². The molecular formula is C21H29ClN4. The van der Waals surface area contributed by atoms with Gasteiger partial charge in [0.15, 0.2) is 0 Å². The summed E-state index contributed by atoms with van der Waals surface area (Å²) >= 11 is 6.29. The maximum atomic E-state index is 6.29. The number of benzene rings is 1. The molecule has 0 spiro atoms. The maximum Gasteiger partial charge on any atom is 0.223 e. The minimum atomic E-state index is 0.518. The molecule has 0 bridgehead atoms. The molecule has 1 saturated heterocycles. The fraction of sp³-hybridized carbons (Fsp3) is 0.524. The Balaban J connectivity index is 1.55. The van der Waals surface area contributed by atoms with Crippen molar-refractivity contribution in [2.24, 2.45) is 5.41 Å². The molecule has 1 aliphatic heterocycles. The second-order valence-electron chi connectivity index (χ2n) is 7.44. The summed E-state index contributed by atoms with van der Waals surface area (Å²) in [6.07, 6.45) is 8.00. The van der Waals surface area contributed by atoms with E-state index in [-0.39, 0.29) is 0 Å². The molecular weight excluding hydrogens is 344 g/mol. The van der Waals surface area contributed by atoms with Gasteiger partial charge in [-0.1, -0.05) is 55.3 Å². The van der Waals surface area contributed by atoms with Gasteiger partial charge in [0.2, 0.25) is 5.95 Å². The highest BCUT2D eigenvalue weighted by Gasteiger charge is 2.31. The fourth-order valence-corrected chi connectivity index (χ4v) is 3.99. The van der Waals surface area contributed by atoms with E-state index in [1.807, 2.05) is 30.3 Å². The molecule has 1 aromatic heterocycles. The normalized spacial score (nSPS) is 17.2. The molecule has 3 rings (SSSR count). The summed E-state index contributed by atoms with van der Waals surface area (Å²) in [5, 5.41) is 3.96. The predicted molar refractivity (Wildman–Crippen MR) is 110 cm³/mol. The lowest BCUT2D eigenvalue weighted by Crippen LogP contribution is -2.37. The largest absolute Gasteiger partial charge is 0.354 e. The SMILES string of the molecule is CCC1(CCCNc2ncc(Cl)c(-c3ccccc3)n2)CCN(C)CC1. The van der Waals surface area contributed by atoms with Crippen LogP contribution in [0.25, 0.3) is 11.3 Å². The number of halogens is 1. The van der Waals surface area contributed by atoms with Crippen molar-refractivity contribution in [3.05, 3.63) is 41.6 Å². The molecule has 0 aliphatic carbocycles. The summed E-state index contributed by atoms with van der Waals surface area (Å²) in [6, 6.07) is 10.0. The summed E-state index contributed by atoms with van der Waals surface area (Å²) in [4.78, 5) is 11.4. The third kappa shape index (κ3) is 4.74. The highest BCUT2D eigenvalue weighted by Crippen LogP contribution is 2.38. The number of hydrogen-bond donors (Lipinski definition) is 1. The Hall–Kier alpha value is -1.65. The first kappa shape index (κ1) is 19.1. The van der Waals surface area contributed by atoms with Crippen molar-refractivity contribution in [3.8, 4) is 11.3 Å². The summed E-state index contributed by atoms with van der Waals surface area (Å²) in [7, 11) is 2.23. The van der Waals surface area contributed by atoms with E-state index in [1.165, 1.54) is 38.8 Å². The van der Waals surface area contributed by atoms with Gasteiger partial charge in [-0.2, -0.15) is 0 Å². The zero-order valence-corrected chi connectivity index (χ0v) is 16.6. The van der Waals surface area contributed by atoms with Crippen LogP contribution in [-0.4, -0.2) is 41.5 Å². The van der Waals surface area contributed by atoms with Crippen molar-refractivity contribution in [3.63, 3.8) is 0 Å². The molecule has 4 nitrogen and oxygen atoms in total. The number of likely N-dealkylation sites (tertiary alicyclic amines) is 1. The zero-order valence-electron chi connectivity index (χ0n) is 15.8. The highest BCUT2D eigenvalue weighted by molar-refractivity contribution is 6.32. The zero-order chi connectivity index (χ0) is 18.4. The monoisotopic (exact) mass is 372 g/mol. The maximum absolute atomic E-state index is 6.29. The lowest BCUT2D eigenvalue weighted by Gasteiger charge is -2.40. The summed E-state index contributed by atoms with van der Waals surface area (Å²) in [5.74, 6) is 0.655. The van der Waals surface area contributed by atoms with E-state index in [1.54, 1.807) is 6.20 Å². The van der Waals surface area contributed by atoms with Crippen LogP contribution < -0.4 is 5.32 Å². The first-order valence-corrected chi connectivity index (χ1v) is 10.00. The van der Waals surface area contributed by atoms with E-state index in [0.29, 0.717) is 16.4 Å². The molecule has 0 saturated carbocycles. The molecule has 0 amide bonds. The fourth-order valence-electron chi connectivity index (χ4n) is 3.79. The van der Waals surface area contributed by atoms with Gasteiger partial charge in [-0.15, -0.1) is 0 Å². The number of anilines is 1. The highest BCUT2D eigenvalue weighted by atomic mass is 35.5. The minimum absolute atomic E-state index is 0.518. The molecule has 26 heavy (non-hydrogen) atoms. The molecule has 0 atom stereocenters. The average molecular weight is 373 g/mol. The van der Waals surface area contributed by atoms with E-state index in [4.69, 9.17) is 11.6 Å². The standard InChI is InChI=1S/C21H29ClN4/c1-3-21(11-14-26(2)15-12-21)10-7-13-23-20-24-16-18(22)19(25-20)17-8-5-4-6-9-17/h4-6,8-9,16H,3,7,10-15H2,1-2H3,(H,23,24,25). The van der Waals surface area contributed by atoms with Crippen LogP contribution in [0.4, 0.5) is 5.95 Å². The molecule has 5 heteroatoms. The Labute approximate surface area is 162 Å². The number of nitrogens with zero attached hydrogens (tertiary/aromatic N) is 3. The molecule has 0 unspecified atom stereocenters. The van der Waals surface area contributed by atoms with Crippen LogP contribution in [0.1, 0.15) is 39.0 Å². The van der Waals surface area contributed by atoms with Gasteiger partial charge in [0.1, 0.15) is 0 Å². The average Bonchev–Trinajstić information content (AvgIpc) is 2.69. The molecule has 1 fully saturated rings. The smallest absolute Gasteiger partial charge is 0.223 e. The van der Waals surface area contributed by atoms with E-state index in [2.05, 4.69) is 34.2 Å². The number of piperidine rings is 1. The van der Waals surface area contributed by atoms with Crippen molar-refractivity contribution < 1.29 is 0 Å². The Morgan fingerprint density at radius 2 is 1.92 bits per heavy atom. The van der Waals surface area contributed by atoms with Gasteiger partial charge in [0.25, 0.3) is 0 Å². The van der Waals surface area contributed by atoms with Crippen molar-refractivity contribution >= 4 is 17.5 Å². The van der Waals surface area contributed by atoms with Crippen LogP contribution >= 0.6 is 11.6 Å². The van der Waals surface area contributed by atoms with Crippen molar-refractivity contribution in [2.75, 3.05) is 32.0 Å². The Morgan fingerprint density at radius 1 is 1.19 bits per heavy atom. The summed E-state index contributed by atoms with van der Waals surface area (Å²) in [6.45, 7) is 5.69. The Morgan fingerprint density at radius 3 is 2.62 bits per heavy atom. The lowest BCUT2D eigenvalue weighted by molar-refractivity contribution is 0.106. The first-order chi connectivity index (χ1) is 12.6. The number of hydrogen-bond acceptors (Lipinski definition) is 4. The van der Waals surface area contributed by atoms with Gasteiger partial charge in [0, 0.05) is 12.1 Å². The van der Waals surface area contributed by atoms with Crippen LogP contribution in [0.15, 0.2) is 36.5 Å². The van der Waals surface area contributed by atoms with Gasteiger partial charge in [0.05, 0.1) is 16.9 Å². The number of nitrogens with one attached hydrogen (secondary N) is 1. The van der Waals surface area contributed by atoms with Gasteiger partial charge in [-0.25, -0.2) is 9.97 Å².